The summed E-state index contributed by atoms with van der Waals surface area (Å²) in [6.07, 6.45) is 7.29. The van der Waals surface area contributed by atoms with Gasteiger partial charge in [0.05, 0.1) is 0 Å². The molecule has 0 aromatic heterocycles. The third-order valence-electron chi connectivity index (χ3n) is 1.86. The molecule has 0 saturated carbocycles. The predicted octanol–water partition coefficient (Wildman–Crippen LogP) is 3.06. The predicted molar refractivity (Wildman–Crippen MR) is 41.4 cm³/mol. The Balaban J connectivity index is 2.59. The molecule has 0 spiro atoms. The molecule has 0 heteroatoms. The first-order valence-corrected chi connectivity index (χ1v) is 3.70. The molecule has 0 N–H and O–H groups in total. The molecular formula is C9H14. The monoisotopic (exact) mass is 122 g/mol. The Labute approximate surface area is 57.3 Å². The molecule has 0 radical (unpaired) electrons. The molecule has 1 aliphatic rings. The lowest BCUT2D eigenvalue weighted by atomic mass is 9.95. The molecule has 1 rings (SSSR count). The molecule has 0 fully saturated rings. The maximum atomic E-state index is 3.94. The first-order chi connectivity index (χ1) is 4.33. The van der Waals surface area contributed by atoms with Gasteiger partial charge < -0.3 is 0 Å². The van der Waals surface area contributed by atoms with Crippen LogP contribution in [0.3, 0.4) is 0 Å². The van der Waals surface area contributed by atoms with Gasteiger partial charge in [0.2, 0.25) is 0 Å². The van der Waals surface area contributed by atoms with Crippen molar-refractivity contribution in [1.29, 1.82) is 0 Å². The van der Waals surface area contributed by atoms with Crippen molar-refractivity contribution in [3.8, 4) is 0 Å². The Morgan fingerprint density at radius 3 is 2.78 bits per heavy atom. The third kappa shape index (κ3) is 1.70. The Morgan fingerprint density at radius 2 is 2.33 bits per heavy atom. The van der Waals surface area contributed by atoms with Crippen LogP contribution < -0.4 is 0 Å². The van der Waals surface area contributed by atoms with Crippen molar-refractivity contribution < 1.29 is 0 Å². The van der Waals surface area contributed by atoms with Crippen molar-refractivity contribution in [2.75, 3.05) is 0 Å². The molecular weight excluding hydrogens is 108 g/mol. The second-order valence-electron chi connectivity index (χ2n) is 2.67. The number of hydrogen-bond acceptors (Lipinski definition) is 0. The van der Waals surface area contributed by atoms with Crippen molar-refractivity contribution in [2.24, 2.45) is 0 Å². The maximum absolute atomic E-state index is 3.94. The van der Waals surface area contributed by atoms with E-state index in [1.165, 1.54) is 31.3 Å². The van der Waals surface area contributed by atoms with Crippen LogP contribution in [0.4, 0.5) is 0 Å². The highest BCUT2D eigenvalue weighted by molar-refractivity contribution is 5.23. The van der Waals surface area contributed by atoms with Crippen LogP contribution in [-0.4, -0.2) is 0 Å². The Morgan fingerprint density at radius 1 is 1.56 bits per heavy atom. The average Bonchev–Trinajstić information content (AvgIpc) is 1.88. The minimum Gasteiger partial charge on any atom is -0.0958 e. The Bertz CT molecular complexity index is 140. The van der Waals surface area contributed by atoms with Gasteiger partial charge in [-0.15, -0.1) is 0 Å². The molecule has 9 heavy (non-hydrogen) atoms. The zero-order valence-electron chi connectivity index (χ0n) is 6.11. The van der Waals surface area contributed by atoms with Gasteiger partial charge >= 0.3 is 0 Å². The van der Waals surface area contributed by atoms with Gasteiger partial charge in [0.1, 0.15) is 0 Å². The van der Waals surface area contributed by atoms with Crippen LogP contribution in [0.25, 0.3) is 0 Å². The molecule has 1 aliphatic carbocycles. The molecule has 0 bridgehead atoms. The van der Waals surface area contributed by atoms with Crippen LogP contribution >= 0.6 is 0 Å². The summed E-state index contributed by atoms with van der Waals surface area (Å²) in [5.74, 6) is 0. The van der Waals surface area contributed by atoms with E-state index in [1.54, 1.807) is 5.57 Å². The van der Waals surface area contributed by atoms with Gasteiger partial charge in [-0.1, -0.05) is 30.7 Å². The van der Waals surface area contributed by atoms with Crippen molar-refractivity contribution >= 4 is 0 Å². The Hall–Kier alpha value is -0.520. The molecule has 0 nitrogen and oxygen atoms in total. The highest BCUT2D eigenvalue weighted by Crippen LogP contribution is 2.22. The van der Waals surface area contributed by atoms with Crippen molar-refractivity contribution in [2.45, 2.75) is 32.6 Å². The summed E-state index contributed by atoms with van der Waals surface area (Å²) in [6, 6.07) is 0. The molecule has 0 aromatic rings. The van der Waals surface area contributed by atoms with E-state index in [9.17, 15) is 0 Å². The van der Waals surface area contributed by atoms with E-state index in [2.05, 4.69) is 19.6 Å². The average molecular weight is 122 g/mol. The quantitative estimate of drug-likeness (QED) is 0.501. The van der Waals surface area contributed by atoms with Gasteiger partial charge in [-0.2, -0.15) is 0 Å². The van der Waals surface area contributed by atoms with Gasteiger partial charge in [0.15, 0.2) is 0 Å². The van der Waals surface area contributed by atoms with E-state index < -0.39 is 0 Å². The van der Waals surface area contributed by atoms with Crippen LogP contribution in [0.15, 0.2) is 23.8 Å². The van der Waals surface area contributed by atoms with Crippen LogP contribution in [0.2, 0.25) is 0 Å². The van der Waals surface area contributed by atoms with Crippen LogP contribution in [0, 0.1) is 0 Å². The van der Waals surface area contributed by atoms with E-state index in [1.807, 2.05) is 0 Å². The minimum atomic E-state index is 1.21. The second-order valence-corrected chi connectivity index (χ2v) is 2.67. The lowest BCUT2D eigenvalue weighted by molar-refractivity contribution is 0.759. The smallest absolute Gasteiger partial charge is 0.0282 e. The molecule has 50 valence electrons. The fourth-order valence-corrected chi connectivity index (χ4v) is 1.25. The van der Waals surface area contributed by atoms with Gasteiger partial charge in [-0.25, -0.2) is 0 Å². The summed E-state index contributed by atoms with van der Waals surface area (Å²) < 4.78 is 0. The van der Waals surface area contributed by atoms with Crippen LogP contribution in [0.5, 0.6) is 0 Å². The topological polar surface area (TPSA) is 0 Å². The van der Waals surface area contributed by atoms with E-state index in [-0.39, 0.29) is 0 Å². The lowest BCUT2D eigenvalue weighted by Gasteiger charge is -2.11. The summed E-state index contributed by atoms with van der Waals surface area (Å²) in [5.41, 5.74) is 2.89. The van der Waals surface area contributed by atoms with Gasteiger partial charge in [0.25, 0.3) is 0 Å². The normalized spacial score (nSPS) is 19.7. The second kappa shape index (κ2) is 2.86. The summed E-state index contributed by atoms with van der Waals surface area (Å²) in [4.78, 5) is 0. The van der Waals surface area contributed by atoms with Gasteiger partial charge in [0, 0.05) is 0 Å². The third-order valence-corrected chi connectivity index (χ3v) is 1.86. The first-order valence-electron chi connectivity index (χ1n) is 3.70. The maximum Gasteiger partial charge on any atom is -0.0282 e. The molecule has 0 aromatic carbocycles. The largest absolute Gasteiger partial charge is 0.0958 e. The van der Waals surface area contributed by atoms with Gasteiger partial charge in [-0.3, -0.25) is 0 Å². The minimum absolute atomic E-state index is 1.21. The molecule has 0 atom stereocenters. The van der Waals surface area contributed by atoms with E-state index in [0.29, 0.717) is 0 Å². The first kappa shape index (κ1) is 6.60. The molecule has 0 saturated heterocycles. The number of allylic oxidation sites excluding steroid dienone is 3. The lowest BCUT2D eigenvalue weighted by Crippen LogP contribution is -1.91. The highest BCUT2D eigenvalue weighted by Gasteiger charge is 2.02. The molecule has 0 heterocycles. The van der Waals surface area contributed by atoms with E-state index in [0.717, 1.165) is 0 Å². The zero-order chi connectivity index (χ0) is 6.69. The standard InChI is InChI=1S/C9H14/c1-3-9-6-4-5-8(2)7-9/h7H,2-6H2,1H3. The summed E-state index contributed by atoms with van der Waals surface area (Å²) >= 11 is 0. The summed E-state index contributed by atoms with van der Waals surface area (Å²) in [7, 11) is 0. The number of rotatable bonds is 1. The molecule has 0 aliphatic heterocycles. The summed E-state index contributed by atoms with van der Waals surface area (Å²) in [6.45, 7) is 6.15. The van der Waals surface area contributed by atoms with Crippen LogP contribution in [0.1, 0.15) is 32.6 Å². The zero-order valence-corrected chi connectivity index (χ0v) is 6.11. The van der Waals surface area contributed by atoms with Crippen molar-refractivity contribution in [3.05, 3.63) is 23.8 Å². The van der Waals surface area contributed by atoms with Crippen molar-refractivity contribution in [1.82, 2.24) is 0 Å². The van der Waals surface area contributed by atoms with E-state index in [4.69, 9.17) is 0 Å². The fraction of sp³-hybridized carbons (Fsp3) is 0.556. The van der Waals surface area contributed by atoms with E-state index >= 15 is 0 Å². The van der Waals surface area contributed by atoms with Crippen LogP contribution in [-0.2, 0) is 0 Å². The Kier molecular flexibility index (Phi) is 2.10. The molecule has 0 amide bonds. The molecule has 0 unspecified atom stereocenters. The van der Waals surface area contributed by atoms with Gasteiger partial charge in [-0.05, 0) is 25.7 Å². The SMILES string of the molecule is C=C1C=C(CC)CCC1. The fourth-order valence-electron chi connectivity index (χ4n) is 1.25. The summed E-state index contributed by atoms with van der Waals surface area (Å²) in [5, 5.41) is 0. The number of hydrogen-bond donors (Lipinski definition) is 0. The highest BCUT2D eigenvalue weighted by atomic mass is 14.1. The van der Waals surface area contributed by atoms with Crippen molar-refractivity contribution in [3.63, 3.8) is 0 Å².